The fraction of sp³-hybridized carbons (Fsp3) is 0.263. The Morgan fingerprint density at radius 2 is 1.73 bits per heavy atom. The van der Waals surface area contributed by atoms with Crippen LogP contribution in [0, 0.1) is 0 Å². The number of thioether (sulfide) groups is 1. The van der Waals surface area contributed by atoms with Crippen molar-refractivity contribution < 1.29 is 19.0 Å². The minimum Gasteiger partial charge on any atom is -0.493 e. The zero-order valence-corrected chi connectivity index (χ0v) is 15.8. The van der Waals surface area contributed by atoms with E-state index in [1.54, 1.807) is 45.2 Å². The quantitative estimate of drug-likeness (QED) is 0.414. The van der Waals surface area contributed by atoms with Gasteiger partial charge in [-0.3, -0.25) is 4.79 Å². The number of ether oxygens (including phenoxy) is 3. The van der Waals surface area contributed by atoms with Gasteiger partial charge in [0.05, 0.1) is 27.5 Å². The van der Waals surface area contributed by atoms with Gasteiger partial charge in [-0.25, -0.2) is 5.43 Å². The third-order valence-corrected chi connectivity index (χ3v) is 4.44. The first-order valence-electron chi connectivity index (χ1n) is 7.97. The van der Waals surface area contributed by atoms with Crippen LogP contribution in [0.1, 0.15) is 12.0 Å². The molecule has 6 nitrogen and oxygen atoms in total. The summed E-state index contributed by atoms with van der Waals surface area (Å²) >= 11 is 1.63. The standard InChI is InChI=1S/C19H22N2O4S/c1-23-16-11-14(12-17(24-2)19(16)25-3)13-20-21-18(22)9-10-26-15-7-5-4-6-8-15/h4-8,11-13H,9-10H2,1-3H3,(H,21,22). The summed E-state index contributed by atoms with van der Waals surface area (Å²) in [6.07, 6.45) is 1.92. The van der Waals surface area contributed by atoms with Crippen LogP contribution in [0.25, 0.3) is 0 Å². The first kappa shape index (κ1) is 19.7. The number of carbonyl (C=O) groups is 1. The van der Waals surface area contributed by atoms with Gasteiger partial charge >= 0.3 is 0 Å². The Labute approximate surface area is 157 Å². The summed E-state index contributed by atoms with van der Waals surface area (Å²) in [6, 6.07) is 13.5. The van der Waals surface area contributed by atoms with E-state index in [0.717, 1.165) is 10.5 Å². The SMILES string of the molecule is COc1cc(C=NNC(=O)CCSc2ccccc2)cc(OC)c1OC. The zero-order valence-electron chi connectivity index (χ0n) is 15.0. The molecule has 7 heteroatoms. The van der Waals surface area contributed by atoms with Gasteiger partial charge in [0.15, 0.2) is 11.5 Å². The second-order valence-corrected chi connectivity index (χ2v) is 6.33. The highest BCUT2D eigenvalue weighted by atomic mass is 32.2. The van der Waals surface area contributed by atoms with Crippen molar-refractivity contribution in [3.63, 3.8) is 0 Å². The average molecular weight is 374 g/mol. The Morgan fingerprint density at radius 1 is 1.08 bits per heavy atom. The molecule has 2 aromatic rings. The summed E-state index contributed by atoms with van der Waals surface area (Å²) in [7, 11) is 4.64. The minimum absolute atomic E-state index is 0.142. The number of nitrogens with zero attached hydrogens (tertiary/aromatic N) is 1. The second kappa shape index (κ2) is 10.4. The molecule has 0 heterocycles. The lowest BCUT2D eigenvalue weighted by Crippen LogP contribution is -2.17. The van der Waals surface area contributed by atoms with E-state index in [4.69, 9.17) is 14.2 Å². The van der Waals surface area contributed by atoms with Gasteiger partial charge in [-0.05, 0) is 24.3 Å². The summed E-state index contributed by atoms with van der Waals surface area (Å²) in [5, 5.41) is 3.99. The summed E-state index contributed by atoms with van der Waals surface area (Å²) in [5.41, 5.74) is 3.25. The first-order chi connectivity index (χ1) is 12.7. The van der Waals surface area contributed by atoms with Crippen molar-refractivity contribution in [2.45, 2.75) is 11.3 Å². The maximum atomic E-state index is 11.9. The predicted molar refractivity (Wildman–Crippen MR) is 104 cm³/mol. The average Bonchev–Trinajstić information content (AvgIpc) is 2.68. The van der Waals surface area contributed by atoms with E-state index in [1.165, 1.54) is 6.21 Å². The fourth-order valence-corrected chi connectivity index (χ4v) is 3.06. The molecule has 0 radical (unpaired) electrons. The number of nitrogens with one attached hydrogen (secondary N) is 1. The third-order valence-electron chi connectivity index (χ3n) is 3.43. The molecule has 0 unspecified atom stereocenters. The Bertz CT molecular complexity index is 725. The smallest absolute Gasteiger partial charge is 0.240 e. The Kier molecular flexibility index (Phi) is 7.82. The van der Waals surface area contributed by atoms with Crippen LogP contribution in [0.3, 0.4) is 0 Å². The number of hydrazone groups is 1. The molecule has 0 atom stereocenters. The number of hydrogen-bond donors (Lipinski definition) is 1. The molecule has 0 fully saturated rings. The van der Waals surface area contributed by atoms with Gasteiger partial charge in [-0.15, -0.1) is 11.8 Å². The van der Waals surface area contributed by atoms with Crippen LogP contribution >= 0.6 is 11.8 Å². The van der Waals surface area contributed by atoms with Crippen LogP contribution in [0.15, 0.2) is 52.5 Å². The van der Waals surface area contributed by atoms with Crippen molar-refractivity contribution in [3.8, 4) is 17.2 Å². The van der Waals surface area contributed by atoms with E-state index in [9.17, 15) is 4.79 Å². The molecule has 0 aliphatic rings. The zero-order chi connectivity index (χ0) is 18.8. The molecule has 26 heavy (non-hydrogen) atoms. The van der Waals surface area contributed by atoms with Crippen molar-refractivity contribution in [1.82, 2.24) is 5.43 Å². The third kappa shape index (κ3) is 5.70. The van der Waals surface area contributed by atoms with Crippen LogP contribution < -0.4 is 19.6 Å². The van der Waals surface area contributed by atoms with Crippen molar-refractivity contribution in [1.29, 1.82) is 0 Å². The summed E-state index contributed by atoms with van der Waals surface area (Å²) < 4.78 is 15.8. The van der Waals surface area contributed by atoms with Gasteiger partial charge in [0.2, 0.25) is 11.7 Å². The highest BCUT2D eigenvalue weighted by Crippen LogP contribution is 2.37. The Hall–Kier alpha value is -2.67. The van der Waals surface area contributed by atoms with Crippen molar-refractivity contribution in [3.05, 3.63) is 48.0 Å². The minimum atomic E-state index is -0.142. The van der Waals surface area contributed by atoms with E-state index in [-0.39, 0.29) is 5.91 Å². The number of methoxy groups -OCH3 is 3. The molecular formula is C19H22N2O4S. The highest BCUT2D eigenvalue weighted by Gasteiger charge is 2.12. The molecule has 0 bridgehead atoms. The van der Waals surface area contributed by atoms with Crippen LogP contribution in [0.5, 0.6) is 17.2 Å². The summed E-state index contributed by atoms with van der Waals surface area (Å²) in [4.78, 5) is 13.0. The van der Waals surface area contributed by atoms with Gasteiger partial charge in [-0.2, -0.15) is 5.10 Å². The lowest BCUT2D eigenvalue weighted by molar-refractivity contribution is -0.120. The van der Waals surface area contributed by atoms with Crippen molar-refractivity contribution in [2.24, 2.45) is 5.10 Å². The first-order valence-corrected chi connectivity index (χ1v) is 8.96. The monoisotopic (exact) mass is 374 g/mol. The van der Waals surface area contributed by atoms with E-state index in [1.807, 2.05) is 30.3 Å². The molecule has 138 valence electrons. The van der Waals surface area contributed by atoms with E-state index in [0.29, 0.717) is 29.4 Å². The van der Waals surface area contributed by atoms with E-state index < -0.39 is 0 Å². The molecule has 0 spiro atoms. The Balaban J connectivity index is 1.88. The number of benzene rings is 2. The van der Waals surface area contributed by atoms with Crippen LogP contribution in [0.2, 0.25) is 0 Å². The molecule has 0 saturated carbocycles. The van der Waals surface area contributed by atoms with Gasteiger partial charge in [0.1, 0.15) is 0 Å². The molecule has 2 rings (SSSR count). The van der Waals surface area contributed by atoms with Crippen LogP contribution in [0.4, 0.5) is 0 Å². The molecule has 1 amide bonds. The second-order valence-electron chi connectivity index (χ2n) is 5.16. The van der Waals surface area contributed by atoms with Gasteiger partial charge in [0.25, 0.3) is 0 Å². The molecule has 0 aliphatic heterocycles. The number of amides is 1. The molecule has 0 saturated heterocycles. The molecule has 0 aromatic heterocycles. The number of hydrogen-bond acceptors (Lipinski definition) is 6. The summed E-state index contributed by atoms with van der Waals surface area (Å²) in [6.45, 7) is 0. The van der Waals surface area contributed by atoms with Gasteiger partial charge < -0.3 is 14.2 Å². The normalized spacial score (nSPS) is 10.6. The van der Waals surface area contributed by atoms with E-state index >= 15 is 0 Å². The van der Waals surface area contributed by atoms with E-state index in [2.05, 4.69) is 10.5 Å². The topological polar surface area (TPSA) is 69.2 Å². The molecule has 1 N–H and O–H groups in total. The van der Waals surface area contributed by atoms with Gasteiger partial charge in [0, 0.05) is 22.6 Å². The van der Waals surface area contributed by atoms with Crippen LogP contribution in [-0.2, 0) is 4.79 Å². The molecule has 2 aromatic carbocycles. The lowest BCUT2D eigenvalue weighted by atomic mass is 10.2. The predicted octanol–water partition coefficient (Wildman–Crippen LogP) is 3.34. The number of rotatable bonds is 9. The molecular weight excluding hydrogens is 352 g/mol. The number of carbonyl (C=O) groups excluding carboxylic acids is 1. The maximum absolute atomic E-state index is 11.9. The fourth-order valence-electron chi connectivity index (χ4n) is 2.19. The maximum Gasteiger partial charge on any atom is 0.240 e. The lowest BCUT2D eigenvalue weighted by Gasteiger charge is -2.12. The van der Waals surface area contributed by atoms with Gasteiger partial charge in [-0.1, -0.05) is 18.2 Å². The summed E-state index contributed by atoms with van der Waals surface area (Å²) in [5.74, 6) is 2.11. The van der Waals surface area contributed by atoms with Crippen molar-refractivity contribution >= 4 is 23.9 Å². The Morgan fingerprint density at radius 3 is 2.31 bits per heavy atom. The van der Waals surface area contributed by atoms with Crippen molar-refractivity contribution in [2.75, 3.05) is 27.1 Å². The largest absolute Gasteiger partial charge is 0.493 e. The highest BCUT2D eigenvalue weighted by molar-refractivity contribution is 7.99. The molecule has 0 aliphatic carbocycles. The van der Waals surface area contributed by atoms with Crippen LogP contribution in [-0.4, -0.2) is 39.2 Å².